The van der Waals surface area contributed by atoms with Crippen LogP contribution < -0.4 is 5.32 Å². The Hall–Kier alpha value is -1.01. The van der Waals surface area contributed by atoms with Gasteiger partial charge in [-0.05, 0) is 41.3 Å². The van der Waals surface area contributed by atoms with Crippen LogP contribution in [0.1, 0.15) is 25.7 Å². The van der Waals surface area contributed by atoms with Gasteiger partial charge in [-0.25, -0.2) is 8.78 Å². The van der Waals surface area contributed by atoms with Crippen molar-refractivity contribution in [3.05, 3.63) is 28.2 Å². The molecule has 0 aromatic heterocycles. The largest absolute Gasteiger partial charge is 0.378 e. The lowest BCUT2D eigenvalue weighted by atomic mass is 10.1. The molecule has 19 heavy (non-hydrogen) atoms. The van der Waals surface area contributed by atoms with Gasteiger partial charge in [-0.15, -0.1) is 0 Å². The molecule has 1 saturated heterocycles. The first kappa shape index (κ1) is 14.4. The zero-order chi connectivity index (χ0) is 13.8. The third-order valence-corrected chi connectivity index (χ3v) is 3.61. The first-order valence-corrected chi connectivity index (χ1v) is 6.91. The van der Waals surface area contributed by atoms with Crippen molar-refractivity contribution in [2.45, 2.75) is 31.8 Å². The zero-order valence-corrected chi connectivity index (χ0v) is 11.8. The van der Waals surface area contributed by atoms with Crippen LogP contribution in [0.4, 0.5) is 14.5 Å². The van der Waals surface area contributed by atoms with Gasteiger partial charge in [0.25, 0.3) is 0 Å². The van der Waals surface area contributed by atoms with Crippen molar-refractivity contribution in [2.75, 3.05) is 11.9 Å². The molecule has 1 aliphatic rings. The molecule has 1 aliphatic heterocycles. The lowest BCUT2D eigenvalue weighted by molar-refractivity contribution is -0.116. The molecule has 1 amide bonds. The van der Waals surface area contributed by atoms with Crippen molar-refractivity contribution in [2.24, 2.45) is 0 Å². The molecule has 1 N–H and O–H groups in total. The molecule has 1 heterocycles. The Balaban J connectivity index is 1.89. The van der Waals surface area contributed by atoms with Crippen molar-refractivity contribution in [3.63, 3.8) is 0 Å². The summed E-state index contributed by atoms with van der Waals surface area (Å²) in [5, 5.41) is 2.37. The summed E-state index contributed by atoms with van der Waals surface area (Å²) >= 11 is 2.88. The second kappa shape index (κ2) is 6.43. The van der Waals surface area contributed by atoms with E-state index in [1.165, 1.54) is 0 Å². The summed E-state index contributed by atoms with van der Waals surface area (Å²) in [6, 6.07) is 1.95. The fraction of sp³-hybridized carbons (Fsp3) is 0.462. The number of benzene rings is 1. The third-order valence-electron chi connectivity index (χ3n) is 3.00. The number of nitrogens with one attached hydrogen (secondary N) is 1. The molecule has 1 aromatic rings. The van der Waals surface area contributed by atoms with E-state index in [4.69, 9.17) is 4.74 Å². The van der Waals surface area contributed by atoms with Gasteiger partial charge >= 0.3 is 0 Å². The van der Waals surface area contributed by atoms with E-state index in [2.05, 4.69) is 21.2 Å². The highest BCUT2D eigenvalue weighted by Crippen LogP contribution is 2.24. The minimum absolute atomic E-state index is 0.0300. The van der Waals surface area contributed by atoms with Gasteiger partial charge in [0.2, 0.25) is 5.91 Å². The average Bonchev–Trinajstić information content (AvgIpc) is 2.86. The minimum atomic E-state index is -0.668. The van der Waals surface area contributed by atoms with E-state index in [1.807, 2.05) is 0 Å². The summed E-state index contributed by atoms with van der Waals surface area (Å²) < 4.78 is 32.2. The lowest BCUT2D eigenvalue weighted by Crippen LogP contribution is -2.16. The number of carbonyl (C=O) groups is 1. The van der Waals surface area contributed by atoms with Crippen LogP contribution in [-0.2, 0) is 9.53 Å². The van der Waals surface area contributed by atoms with Gasteiger partial charge in [0.15, 0.2) is 0 Å². The molecule has 0 spiro atoms. The van der Waals surface area contributed by atoms with Crippen LogP contribution >= 0.6 is 15.9 Å². The maximum Gasteiger partial charge on any atom is 0.224 e. The Kier molecular flexibility index (Phi) is 4.87. The number of rotatable bonds is 4. The fourth-order valence-electron chi connectivity index (χ4n) is 2.00. The first-order valence-electron chi connectivity index (χ1n) is 6.12. The second-order valence-electron chi connectivity index (χ2n) is 4.47. The summed E-state index contributed by atoms with van der Waals surface area (Å²) in [5.74, 6) is -1.62. The van der Waals surface area contributed by atoms with Gasteiger partial charge in [-0.2, -0.15) is 0 Å². The first-order chi connectivity index (χ1) is 9.06. The van der Waals surface area contributed by atoms with Crippen molar-refractivity contribution in [3.8, 4) is 0 Å². The maximum absolute atomic E-state index is 13.5. The van der Waals surface area contributed by atoms with Gasteiger partial charge < -0.3 is 10.1 Å². The zero-order valence-electron chi connectivity index (χ0n) is 10.2. The van der Waals surface area contributed by atoms with E-state index in [0.717, 1.165) is 31.6 Å². The van der Waals surface area contributed by atoms with Gasteiger partial charge in [-0.3, -0.25) is 4.79 Å². The van der Waals surface area contributed by atoms with E-state index in [9.17, 15) is 13.6 Å². The van der Waals surface area contributed by atoms with E-state index >= 15 is 0 Å². The van der Waals surface area contributed by atoms with Gasteiger partial charge in [0.05, 0.1) is 16.3 Å². The van der Waals surface area contributed by atoms with Crippen molar-refractivity contribution < 1.29 is 18.3 Å². The Bertz CT molecular complexity index is 476. The number of halogens is 3. The Morgan fingerprint density at radius 3 is 2.89 bits per heavy atom. The molecule has 6 heteroatoms. The average molecular weight is 334 g/mol. The van der Waals surface area contributed by atoms with Crippen LogP contribution in [0, 0.1) is 11.6 Å². The quantitative estimate of drug-likeness (QED) is 0.854. The molecule has 0 bridgehead atoms. The SMILES string of the molecule is O=C(CCC1CCCO1)Nc1cc(F)c(Br)cc1F. The number of amides is 1. The number of anilines is 1. The number of ether oxygens (including phenoxy) is 1. The van der Waals surface area contributed by atoms with Crippen LogP contribution in [-0.4, -0.2) is 18.6 Å². The maximum atomic E-state index is 13.5. The van der Waals surface area contributed by atoms with Crippen LogP contribution in [0.15, 0.2) is 16.6 Å². The van der Waals surface area contributed by atoms with Crippen LogP contribution in [0.25, 0.3) is 0 Å². The molecule has 1 aromatic carbocycles. The summed E-state index contributed by atoms with van der Waals surface area (Å²) in [6.07, 6.45) is 2.92. The molecule has 1 fully saturated rings. The third kappa shape index (κ3) is 3.98. The molecule has 1 unspecified atom stereocenters. The summed E-state index contributed by atoms with van der Waals surface area (Å²) in [4.78, 5) is 11.7. The van der Waals surface area contributed by atoms with Gasteiger partial charge in [-0.1, -0.05) is 0 Å². The van der Waals surface area contributed by atoms with Crippen molar-refractivity contribution in [1.82, 2.24) is 0 Å². The Labute approximate surface area is 118 Å². The van der Waals surface area contributed by atoms with Gasteiger partial charge in [0, 0.05) is 19.1 Å². The Morgan fingerprint density at radius 2 is 2.21 bits per heavy atom. The molecule has 2 rings (SSSR count). The predicted octanol–water partition coefficient (Wildman–Crippen LogP) is 3.63. The summed E-state index contributed by atoms with van der Waals surface area (Å²) in [5.41, 5.74) is -0.141. The van der Waals surface area contributed by atoms with E-state index in [1.54, 1.807) is 0 Å². The molecular weight excluding hydrogens is 320 g/mol. The minimum Gasteiger partial charge on any atom is -0.378 e. The smallest absolute Gasteiger partial charge is 0.224 e. The van der Waals surface area contributed by atoms with Crippen LogP contribution in [0.5, 0.6) is 0 Å². The van der Waals surface area contributed by atoms with Crippen LogP contribution in [0.2, 0.25) is 0 Å². The summed E-state index contributed by atoms with van der Waals surface area (Å²) in [7, 11) is 0. The number of hydrogen-bond donors (Lipinski definition) is 1. The fourth-order valence-corrected chi connectivity index (χ4v) is 2.31. The highest BCUT2D eigenvalue weighted by molar-refractivity contribution is 9.10. The molecule has 0 radical (unpaired) electrons. The predicted molar refractivity (Wildman–Crippen MR) is 70.9 cm³/mol. The lowest BCUT2D eigenvalue weighted by Gasteiger charge is -2.10. The topological polar surface area (TPSA) is 38.3 Å². The number of carbonyl (C=O) groups excluding carboxylic acids is 1. The molecule has 3 nitrogen and oxygen atoms in total. The standard InChI is InChI=1S/C13H14BrF2NO2/c14-9-6-11(16)12(7-10(9)15)17-13(18)4-3-8-2-1-5-19-8/h6-8H,1-5H2,(H,17,18). The normalized spacial score (nSPS) is 18.6. The van der Waals surface area contributed by atoms with E-state index < -0.39 is 11.6 Å². The highest BCUT2D eigenvalue weighted by Gasteiger charge is 2.17. The molecule has 0 saturated carbocycles. The highest BCUT2D eigenvalue weighted by atomic mass is 79.9. The monoisotopic (exact) mass is 333 g/mol. The van der Waals surface area contributed by atoms with E-state index in [0.29, 0.717) is 6.42 Å². The molecular formula is C13H14BrF2NO2. The van der Waals surface area contributed by atoms with Crippen molar-refractivity contribution >= 4 is 27.5 Å². The molecule has 0 aliphatic carbocycles. The van der Waals surface area contributed by atoms with E-state index in [-0.39, 0.29) is 28.6 Å². The molecule has 104 valence electrons. The van der Waals surface area contributed by atoms with Crippen LogP contribution in [0.3, 0.4) is 0 Å². The second-order valence-corrected chi connectivity index (χ2v) is 5.32. The summed E-state index contributed by atoms with van der Waals surface area (Å²) in [6.45, 7) is 0.735. The van der Waals surface area contributed by atoms with Gasteiger partial charge in [0.1, 0.15) is 11.6 Å². The Morgan fingerprint density at radius 1 is 1.42 bits per heavy atom. The molecule has 1 atom stereocenters. The van der Waals surface area contributed by atoms with Crippen molar-refractivity contribution in [1.29, 1.82) is 0 Å². The number of hydrogen-bond acceptors (Lipinski definition) is 2.